The molecule has 5 heteroatoms. The van der Waals surface area contributed by atoms with E-state index in [2.05, 4.69) is 52.4 Å². The molecule has 0 saturated carbocycles. The van der Waals surface area contributed by atoms with Crippen LogP contribution in [0.3, 0.4) is 0 Å². The van der Waals surface area contributed by atoms with E-state index in [0.29, 0.717) is 19.7 Å². The van der Waals surface area contributed by atoms with Gasteiger partial charge in [-0.05, 0) is 31.0 Å². The van der Waals surface area contributed by atoms with Gasteiger partial charge in [-0.2, -0.15) is 0 Å². The van der Waals surface area contributed by atoms with Gasteiger partial charge in [0.1, 0.15) is 12.4 Å². The standard InChI is InChI=1S/C23H31N3O2/c1-19-8-9-22(20(2)16-19)28-15-10-24-23(27)18-26-13-11-25(12-14-26)17-21-6-4-3-5-7-21/h3-9,16H,10-15,17-18H2,1-2H3,(H,24,27). The van der Waals surface area contributed by atoms with Crippen LogP contribution in [0.1, 0.15) is 16.7 Å². The summed E-state index contributed by atoms with van der Waals surface area (Å²) in [5.41, 5.74) is 3.69. The average Bonchev–Trinajstić information content (AvgIpc) is 2.69. The van der Waals surface area contributed by atoms with Gasteiger partial charge in [0.2, 0.25) is 5.91 Å². The summed E-state index contributed by atoms with van der Waals surface area (Å²) in [6.45, 7) is 10.4. The number of nitrogens with one attached hydrogen (secondary N) is 1. The fourth-order valence-corrected chi connectivity index (χ4v) is 3.52. The fraction of sp³-hybridized carbons (Fsp3) is 0.435. The topological polar surface area (TPSA) is 44.8 Å². The Morgan fingerprint density at radius 1 is 1.00 bits per heavy atom. The highest BCUT2D eigenvalue weighted by Crippen LogP contribution is 2.18. The molecule has 1 fully saturated rings. The second-order valence-corrected chi connectivity index (χ2v) is 7.51. The lowest BCUT2D eigenvalue weighted by molar-refractivity contribution is -0.122. The SMILES string of the molecule is Cc1ccc(OCCNC(=O)CN2CCN(Cc3ccccc3)CC2)c(C)c1. The zero-order valence-corrected chi connectivity index (χ0v) is 17.0. The zero-order valence-electron chi connectivity index (χ0n) is 17.0. The predicted octanol–water partition coefficient (Wildman–Crippen LogP) is 2.62. The number of carbonyl (C=O) groups excluding carboxylic acids is 1. The number of benzene rings is 2. The number of hydrogen-bond acceptors (Lipinski definition) is 4. The second kappa shape index (κ2) is 10.2. The van der Waals surface area contributed by atoms with Crippen LogP contribution in [0.2, 0.25) is 0 Å². The van der Waals surface area contributed by atoms with Crippen LogP contribution in [0.25, 0.3) is 0 Å². The number of rotatable bonds is 8. The molecule has 2 aromatic rings. The maximum absolute atomic E-state index is 12.2. The van der Waals surface area contributed by atoms with E-state index in [9.17, 15) is 4.79 Å². The van der Waals surface area contributed by atoms with E-state index in [1.807, 2.05) is 25.1 Å². The van der Waals surface area contributed by atoms with Crippen molar-refractivity contribution in [3.63, 3.8) is 0 Å². The molecule has 0 spiro atoms. The number of ether oxygens (including phenoxy) is 1. The summed E-state index contributed by atoms with van der Waals surface area (Å²) in [4.78, 5) is 16.9. The van der Waals surface area contributed by atoms with Gasteiger partial charge in [0.05, 0.1) is 13.1 Å². The maximum Gasteiger partial charge on any atom is 0.234 e. The van der Waals surface area contributed by atoms with Crippen molar-refractivity contribution in [2.24, 2.45) is 0 Å². The molecule has 28 heavy (non-hydrogen) atoms. The molecule has 0 unspecified atom stereocenters. The van der Waals surface area contributed by atoms with Crippen LogP contribution < -0.4 is 10.1 Å². The van der Waals surface area contributed by atoms with Gasteiger partial charge in [-0.1, -0.05) is 48.0 Å². The summed E-state index contributed by atoms with van der Waals surface area (Å²) in [7, 11) is 0. The third kappa shape index (κ3) is 6.36. The van der Waals surface area contributed by atoms with E-state index in [1.54, 1.807) is 0 Å². The van der Waals surface area contributed by atoms with Crippen molar-refractivity contribution in [1.29, 1.82) is 0 Å². The number of amides is 1. The Kier molecular flexibility index (Phi) is 7.46. The summed E-state index contributed by atoms with van der Waals surface area (Å²) >= 11 is 0. The third-order valence-electron chi connectivity index (χ3n) is 5.09. The third-order valence-corrected chi connectivity index (χ3v) is 5.09. The molecule has 1 heterocycles. The number of hydrogen-bond donors (Lipinski definition) is 1. The molecule has 150 valence electrons. The lowest BCUT2D eigenvalue weighted by atomic mass is 10.1. The van der Waals surface area contributed by atoms with Gasteiger partial charge < -0.3 is 10.1 Å². The molecule has 0 radical (unpaired) electrons. The fourth-order valence-electron chi connectivity index (χ4n) is 3.52. The van der Waals surface area contributed by atoms with Gasteiger partial charge in [-0.25, -0.2) is 0 Å². The van der Waals surface area contributed by atoms with Crippen LogP contribution >= 0.6 is 0 Å². The molecule has 2 aromatic carbocycles. The number of piperazine rings is 1. The largest absolute Gasteiger partial charge is 0.491 e. The maximum atomic E-state index is 12.2. The molecule has 1 amide bonds. The normalized spacial score (nSPS) is 15.4. The van der Waals surface area contributed by atoms with Crippen molar-refractivity contribution < 1.29 is 9.53 Å². The van der Waals surface area contributed by atoms with Crippen LogP contribution in [-0.2, 0) is 11.3 Å². The summed E-state index contributed by atoms with van der Waals surface area (Å²) in [6.07, 6.45) is 0. The Bertz CT molecular complexity index is 756. The molecule has 1 saturated heterocycles. The Balaban J connectivity index is 1.30. The molecule has 0 bridgehead atoms. The summed E-state index contributed by atoms with van der Waals surface area (Å²) in [5.74, 6) is 0.954. The molecular formula is C23H31N3O2. The molecular weight excluding hydrogens is 350 g/mol. The Hall–Kier alpha value is -2.37. The van der Waals surface area contributed by atoms with E-state index < -0.39 is 0 Å². The van der Waals surface area contributed by atoms with Crippen molar-refractivity contribution in [2.75, 3.05) is 45.9 Å². The zero-order chi connectivity index (χ0) is 19.8. The first-order valence-electron chi connectivity index (χ1n) is 10.1. The molecule has 3 rings (SSSR count). The van der Waals surface area contributed by atoms with Gasteiger partial charge in [0, 0.05) is 32.7 Å². The van der Waals surface area contributed by atoms with Crippen molar-refractivity contribution in [3.05, 3.63) is 65.2 Å². The Morgan fingerprint density at radius 3 is 2.43 bits per heavy atom. The van der Waals surface area contributed by atoms with Crippen LogP contribution in [0.15, 0.2) is 48.5 Å². The molecule has 0 aliphatic carbocycles. The van der Waals surface area contributed by atoms with Crippen LogP contribution in [0.5, 0.6) is 5.75 Å². The minimum Gasteiger partial charge on any atom is -0.491 e. The van der Waals surface area contributed by atoms with E-state index in [0.717, 1.165) is 44.0 Å². The average molecular weight is 382 g/mol. The Morgan fingerprint density at radius 2 is 1.71 bits per heavy atom. The van der Waals surface area contributed by atoms with Crippen LogP contribution in [0.4, 0.5) is 0 Å². The van der Waals surface area contributed by atoms with Gasteiger partial charge in [-0.3, -0.25) is 14.6 Å². The number of nitrogens with zero attached hydrogens (tertiary/aromatic N) is 2. The van der Waals surface area contributed by atoms with Crippen LogP contribution in [0, 0.1) is 13.8 Å². The van der Waals surface area contributed by atoms with E-state index >= 15 is 0 Å². The highest BCUT2D eigenvalue weighted by atomic mass is 16.5. The van der Waals surface area contributed by atoms with Crippen molar-refractivity contribution in [2.45, 2.75) is 20.4 Å². The Labute approximate surface area is 168 Å². The molecule has 1 N–H and O–H groups in total. The summed E-state index contributed by atoms with van der Waals surface area (Å²) in [5, 5.41) is 2.96. The summed E-state index contributed by atoms with van der Waals surface area (Å²) in [6, 6.07) is 16.7. The van der Waals surface area contributed by atoms with E-state index in [1.165, 1.54) is 11.1 Å². The van der Waals surface area contributed by atoms with Crippen molar-refractivity contribution in [3.8, 4) is 5.75 Å². The monoisotopic (exact) mass is 381 g/mol. The van der Waals surface area contributed by atoms with Gasteiger partial charge in [-0.15, -0.1) is 0 Å². The second-order valence-electron chi connectivity index (χ2n) is 7.51. The van der Waals surface area contributed by atoms with E-state index in [-0.39, 0.29) is 5.91 Å². The van der Waals surface area contributed by atoms with Gasteiger partial charge >= 0.3 is 0 Å². The lowest BCUT2D eigenvalue weighted by Gasteiger charge is -2.34. The molecule has 1 aliphatic rings. The number of carbonyl (C=O) groups is 1. The lowest BCUT2D eigenvalue weighted by Crippen LogP contribution is -2.49. The highest BCUT2D eigenvalue weighted by molar-refractivity contribution is 5.78. The predicted molar refractivity (Wildman–Crippen MR) is 113 cm³/mol. The molecule has 1 aliphatic heterocycles. The van der Waals surface area contributed by atoms with Crippen molar-refractivity contribution >= 4 is 5.91 Å². The first kappa shape index (κ1) is 20.4. The first-order chi connectivity index (χ1) is 13.6. The van der Waals surface area contributed by atoms with Crippen LogP contribution in [-0.4, -0.2) is 61.6 Å². The first-order valence-corrected chi connectivity index (χ1v) is 10.1. The smallest absolute Gasteiger partial charge is 0.234 e. The number of aryl methyl sites for hydroxylation is 2. The minimum absolute atomic E-state index is 0.0701. The van der Waals surface area contributed by atoms with E-state index in [4.69, 9.17) is 4.74 Å². The van der Waals surface area contributed by atoms with Gasteiger partial charge in [0.15, 0.2) is 0 Å². The molecule has 0 atom stereocenters. The molecule has 0 aromatic heterocycles. The minimum atomic E-state index is 0.0701. The molecule has 5 nitrogen and oxygen atoms in total. The quantitative estimate of drug-likeness (QED) is 0.714. The van der Waals surface area contributed by atoms with Crippen molar-refractivity contribution in [1.82, 2.24) is 15.1 Å². The van der Waals surface area contributed by atoms with Gasteiger partial charge in [0.25, 0.3) is 0 Å². The summed E-state index contributed by atoms with van der Waals surface area (Å²) < 4.78 is 5.77. The highest BCUT2D eigenvalue weighted by Gasteiger charge is 2.18.